The minimum atomic E-state index is -0.745. The number of rotatable bonds is 8. The summed E-state index contributed by atoms with van der Waals surface area (Å²) < 4.78 is 0. The summed E-state index contributed by atoms with van der Waals surface area (Å²) in [7, 11) is 0. The molecule has 6 N–H and O–H groups in total. The van der Waals surface area contributed by atoms with E-state index in [0.29, 0.717) is 0 Å². The van der Waals surface area contributed by atoms with Gasteiger partial charge in [-0.2, -0.15) is 0 Å². The maximum atomic E-state index is 11.8. The fourth-order valence-electron chi connectivity index (χ4n) is 1.61. The van der Waals surface area contributed by atoms with E-state index in [0.717, 1.165) is 0 Å². The highest BCUT2D eigenvalue weighted by molar-refractivity contribution is 5.98. The highest BCUT2D eigenvalue weighted by atomic mass is 16.3. The Balaban J connectivity index is 2.69. The average Bonchev–Trinajstić information content (AvgIpc) is 2.57. The summed E-state index contributed by atoms with van der Waals surface area (Å²) in [4.78, 5) is 23.6. The van der Waals surface area contributed by atoms with E-state index < -0.39 is 23.9 Å². The Labute approximate surface area is 127 Å². The number of carbonyl (C=O) groups excluding carboxylic acids is 2. The van der Waals surface area contributed by atoms with Crippen molar-refractivity contribution in [1.82, 2.24) is 10.6 Å². The van der Waals surface area contributed by atoms with Crippen LogP contribution in [0.25, 0.3) is 0 Å². The first-order valence-corrected chi connectivity index (χ1v) is 6.70. The quantitative estimate of drug-likeness (QED) is 0.324. The van der Waals surface area contributed by atoms with Crippen LogP contribution in [0.5, 0.6) is 0 Å². The first-order chi connectivity index (χ1) is 10.5. The number of aliphatic hydroxyl groups excluding tert-OH is 4. The van der Waals surface area contributed by atoms with Crippen molar-refractivity contribution in [3.05, 3.63) is 35.4 Å². The number of aliphatic hydroxyl groups is 4. The van der Waals surface area contributed by atoms with Crippen LogP contribution in [0.2, 0.25) is 0 Å². The van der Waals surface area contributed by atoms with E-state index in [2.05, 4.69) is 10.6 Å². The molecule has 0 aliphatic rings. The molecule has 0 radical (unpaired) electrons. The van der Waals surface area contributed by atoms with Crippen molar-refractivity contribution >= 4 is 11.8 Å². The van der Waals surface area contributed by atoms with Crippen LogP contribution in [-0.4, -0.2) is 70.8 Å². The van der Waals surface area contributed by atoms with Gasteiger partial charge in [-0.25, -0.2) is 0 Å². The molecule has 0 atom stereocenters. The fourth-order valence-corrected chi connectivity index (χ4v) is 1.61. The number of carbonyl (C=O) groups is 2. The maximum absolute atomic E-state index is 11.8. The molecule has 0 aliphatic heterocycles. The van der Waals surface area contributed by atoms with Crippen LogP contribution in [0.4, 0.5) is 0 Å². The fraction of sp³-hybridized carbons (Fsp3) is 0.429. The number of amides is 2. The molecule has 122 valence electrons. The molecule has 0 heterocycles. The first-order valence-electron chi connectivity index (χ1n) is 6.70. The molecule has 1 aromatic carbocycles. The molecule has 0 saturated heterocycles. The molecule has 0 spiro atoms. The van der Waals surface area contributed by atoms with E-state index in [9.17, 15) is 9.59 Å². The van der Waals surface area contributed by atoms with Crippen LogP contribution in [0.1, 0.15) is 20.7 Å². The second kappa shape index (κ2) is 9.11. The van der Waals surface area contributed by atoms with E-state index in [1.165, 1.54) is 24.3 Å². The second-order valence-electron chi connectivity index (χ2n) is 4.65. The van der Waals surface area contributed by atoms with Gasteiger partial charge in [0.2, 0.25) is 0 Å². The minimum Gasteiger partial charge on any atom is -0.394 e. The van der Waals surface area contributed by atoms with Gasteiger partial charge in [-0.05, 0) is 24.3 Å². The van der Waals surface area contributed by atoms with Crippen molar-refractivity contribution in [2.45, 2.75) is 12.1 Å². The predicted molar refractivity (Wildman–Crippen MR) is 77.3 cm³/mol. The third kappa shape index (κ3) is 5.08. The van der Waals surface area contributed by atoms with Gasteiger partial charge in [0.05, 0.1) is 38.5 Å². The SMILES string of the molecule is O=C(NC(CO)CO)c1ccc(C(=O)NC(CO)CO)cc1. The summed E-state index contributed by atoms with van der Waals surface area (Å²) >= 11 is 0. The molecule has 1 aromatic rings. The highest BCUT2D eigenvalue weighted by Crippen LogP contribution is 2.05. The number of benzene rings is 1. The molecule has 8 heteroatoms. The Morgan fingerprint density at radius 1 is 0.727 bits per heavy atom. The van der Waals surface area contributed by atoms with Gasteiger partial charge < -0.3 is 31.1 Å². The van der Waals surface area contributed by atoms with Gasteiger partial charge in [-0.3, -0.25) is 9.59 Å². The third-order valence-electron chi connectivity index (χ3n) is 2.96. The van der Waals surface area contributed by atoms with E-state index in [1.54, 1.807) is 0 Å². The second-order valence-corrected chi connectivity index (χ2v) is 4.65. The lowest BCUT2D eigenvalue weighted by molar-refractivity contribution is 0.0870. The van der Waals surface area contributed by atoms with Crippen LogP contribution in [0, 0.1) is 0 Å². The molecular weight excluding hydrogens is 292 g/mol. The summed E-state index contributed by atoms with van der Waals surface area (Å²) in [6, 6.07) is 4.19. The third-order valence-corrected chi connectivity index (χ3v) is 2.96. The van der Waals surface area contributed by atoms with Crippen LogP contribution >= 0.6 is 0 Å². The van der Waals surface area contributed by atoms with Crippen molar-refractivity contribution in [3.63, 3.8) is 0 Å². The summed E-state index contributed by atoms with van der Waals surface area (Å²) in [5.41, 5.74) is 0.536. The minimum absolute atomic E-state index is 0.268. The summed E-state index contributed by atoms with van der Waals surface area (Å²) in [6.07, 6.45) is 0. The van der Waals surface area contributed by atoms with Crippen molar-refractivity contribution in [1.29, 1.82) is 0 Å². The van der Waals surface area contributed by atoms with Gasteiger partial charge in [-0.1, -0.05) is 0 Å². The lowest BCUT2D eigenvalue weighted by atomic mass is 10.1. The number of hydrogen-bond donors (Lipinski definition) is 6. The van der Waals surface area contributed by atoms with Crippen molar-refractivity contribution in [2.24, 2.45) is 0 Å². The predicted octanol–water partition coefficient (Wildman–Crippen LogP) is -2.15. The molecule has 1 rings (SSSR count). The zero-order chi connectivity index (χ0) is 16.5. The highest BCUT2D eigenvalue weighted by Gasteiger charge is 2.14. The van der Waals surface area contributed by atoms with E-state index in [-0.39, 0.29) is 37.6 Å². The van der Waals surface area contributed by atoms with Gasteiger partial charge in [-0.15, -0.1) is 0 Å². The van der Waals surface area contributed by atoms with Gasteiger partial charge in [0.15, 0.2) is 0 Å². The lowest BCUT2D eigenvalue weighted by Crippen LogP contribution is -2.40. The Morgan fingerprint density at radius 2 is 1.00 bits per heavy atom. The zero-order valence-corrected chi connectivity index (χ0v) is 11.9. The first kappa shape index (κ1) is 18.1. The van der Waals surface area contributed by atoms with Gasteiger partial charge in [0, 0.05) is 11.1 Å². The topological polar surface area (TPSA) is 139 Å². The molecule has 22 heavy (non-hydrogen) atoms. The Kier molecular flexibility index (Phi) is 7.47. The smallest absolute Gasteiger partial charge is 0.251 e. The summed E-state index contributed by atoms with van der Waals surface area (Å²) in [6.45, 7) is -1.53. The Morgan fingerprint density at radius 3 is 1.23 bits per heavy atom. The van der Waals surface area contributed by atoms with E-state index in [4.69, 9.17) is 20.4 Å². The molecule has 0 fully saturated rings. The molecule has 0 bridgehead atoms. The molecule has 2 amide bonds. The standard InChI is InChI=1S/C14H20N2O6/c17-5-11(6-18)15-13(21)9-1-2-10(4-3-9)14(22)16-12(7-19)8-20/h1-4,11-12,17-20H,5-8H2,(H,15,21)(H,16,22). The van der Waals surface area contributed by atoms with Gasteiger partial charge >= 0.3 is 0 Å². The maximum Gasteiger partial charge on any atom is 0.251 e. The van der Waals surface area contributed by atoms with Crippen molar-refractivity contribution < 1.29 is 30.0 Å². The summed E-state index contributed by atoms with van der Waals surface area (Å²) in [5.74, 6) is -0.965. The normalized spacial score (nSPS) is 10.8. The van der Waals surface area contributed by atoms with Crippen molar-refractivity contribution in [3.8, 4) is 0 Å². The summed E-state index contributed by atoms with van der Waals surface area (Å²) in [5, 5.41) is 40.5. The number of hydrogen-bond acceptors (Lipinski definition) is 6. The Bertz CT molecular complexity index is 438. The van der Waals surface area contributed by atoms with E-state index >= 15 is 0 Å². The molecular formula is C14H20N2O6. The molecule has 0 unspecified atom stereocenters. The van der Waals surface area contributed by atoms with Crippen LogP contribution in [-0.2, 0) is 0 Å². The van der Waals surface area contributed by atoms with Crippen LogP contribution in [0.15, 0.2) is 24.3 Å². The Hall–Kier alpha value is -2.00. The molecule has 8 nitrogen and oxygen atoms in total. The molecule has 0 saturated carbocycles. The van der Waals surface area contributed by atoms with Gasteiger partial charge in [0.25, 0.3) is 11.8 Å². The van der Waals surface area contributed by atoms with Crippen molar-refractivity contribution in [2.75, 3.05) is 26.4 Å². The molecule has 0 aliphatic carbocycles. The lowest BCUT2D eigenvalue weighted by Gasteiger charge is -2.14. The molecule has 0 aromatic heterocycles. The van der Waals surface area contributed by atoms with Gasteiger partial charge in [0.1, 0.15) is 0 Å². The van der Waals surface area contributed by atoms with Crippen LogP contribution < -0.4 is 10.6 Å². The average molecular weight is 312 g/mol. The monoisotopic (exact) mass is 312 g/mol. The van der Waals surface area contributed by atoms with Crippen LogP contribution in [0.3, 0.4) is 0 Å². The largest absolute Gasteiger partial charge is 0.394 e. The van der Waals surface area contributed by atoms with E-state index in [1.807, 2.05) is 0 Å². The number of nitrogens with one attached hydrogen (secondary N) is 2. The zero-order valence-electron chi connectivity index (χ0n) is 11.9.